The van der Waals surface area contributed by atoms with Crippen LogP contribution >= 0.6 is 0 Å². The SMILES string of the molecule is CC1(C)NC(=O)N(CC(=O)OCC(=O)NCCc2ccc(F)cc2)C1=O. The molecule has 1 fully saturated rings. The molecule has 0 unspecified atom stereocenters. The lowest BCUT2D eigenvalue weighted by Gasteiger charge is -2.15. The standard InChI is InChI=1S/C17H20FN3O5/c1-17(2)15(24)21(16(25)20-17)9-14(23)26-10-13(22)19-8-7-11-3-5-12(18)6-4-11/h3-6H,7-10H2,1-2H3,(H,19,22)(H,20,25). The third kappa shape index (κ3) is 5.01. The van der Waals surface area contributed by atoms with Crippen molar-refractivity contribution in [2.45, 2.75) is 25.8 Å². The van der Waals surface area contributed by atoms with Gasteiger partial charge < -0.3 is 15.4 Å². The van der Waals surface area contributed by atoms with Crippen molar-refractivity contribution in [3.05, 3.63) is 35.6 Å². The summed E-state index contributed by atoms with van der Waals surface area (Å²) in [4.78, 5) is 47.7. The Bertz CT molecular complexity index is 718. The average Bonchev–Trinajstić information content (AvgIpc) is 2.76. The molecule has 1 aliphatic rings. The van der Waals surface area contributed by atoms with Crippen molar-refractivity contribution in [1.29, 1.82) is 0 Å². The molecule has 140 valence electrons. The van der Waals surface area contributed by atoms with Gasteiger partial charge in [0.2, 0.25) is 0 Å². The highest BCUT2D eigenvalue weighted by atomic mass is 19.1. The molecule has 1 aliphatic heterocycles. The number of urea groups is 1. The zero-order chi connectivity index (χ0) is 19.3. The Morgan fingerprint density at radius 2 is 1.88 bits per heavy atom. The fourth-order valence-corrected chi connectivity index (χ4v) is 2.33. The van der Waals surface area contributed by atoms with Crippen LogP contribution in [0.25, 0.3) is 0 Å². The fraction of sp³-hybridized carbons (Fsp3) is 0.412. The summed E-state index contributed by atoms with van der Waals surface area (Å²) in [6, 6.07) is 5.20. The van der Waals surface area contributed by atoms with E-state index < -0.39 is 42.5 Å². The Labute approximate surface area is 149 Å². The lowest BCUT2D eigenvalue weighted by Crippen LogP contribution is -2.41. The van der Waals surface area contributed by atoms with Crippen molar-refractivity contribution >= 4 is 23.8 Å². The smallest absolute Gasteiger partial charge is 0.326 e. The number of esters is 1. The number of rotatable bonds is 7. The maximum absolute atomic E-state index is 12.8. The maximum Gasteiger partial charge on any atom is 0.326 e. The van der Waals surface area contributed by atoms with E-state index in [4.69, 9.17) is 4.74 Å². The van der Waals surface area contributed by atoms with Gasteiger partial charge in [0.1, 0.15) is 17.9 Å². The zero-order valence-corrected chi connectivity index (χ0v) is 14.5. The monoisotopic (exact) mass is 365 g/mol. The Morgan fingerprint density at radius 1 is 1.23 bits per heavy atom. The van der Waals surface area contributed by atoms with E-state index in [1.54, 1.807) is 12.1 Å². The predicted octanol–water partition coefficient (Wildman–Crippen LogP) is 0.358. The molecule has 2 rings (SSSR count). The van der Waals surface area contributed by atoms with E-state index in [2.05, 4.69) is 10.6 Å². The average molecular weight is 365 g/mol. The van der Waals surface area contributed by atoms with Crippen LogP contribution in [0, 0.1) is 5.82 Å². The molecule has 8 nitrogen and oxygen atoms in total. The van der Waals surface area contributed by atoms with Crippen LogP contribution in [-0.2, 0) is 25.5 Å². The van der Waals surface area contributed by atoms with Crippen LogP contribution in [0.4, 0.5) is 9.18 Å². The second-order valence-corrected chi connectivity index (χ2v) is 6.33. The van der Waals surface area contributed by atoms with E-state index in [-0.39, 0.29) is 5.82 Å². The first-order valence-corrected chi connectivity index (χ1v) is 8.00. The predicted molar refractivity (Wildman–Crippen MR) is 88.4 cm³/mol. The first kappa shape index (κ1) is 19.4. The summed E-state index contributed by atoms with van der Waals surface area (Å²) in [5.74, 6) is -2.25. The summed E-state index contributed by atoms with van der Waals surface area (Å²) in [6.07, 6.45) is 0.498. The normalized spacial score (nSPS) is 15.6. The molecule has 1 aromatic carbocycles. The number of nitrogens with one attached hydrogen (secondary N) is 2. The summed E-state index contributed by atoms with van der Waals surface area (Å²) in [5.41, 5.74) is -0.223. The van der Waals surface area contributed by atoms with Gasteiger partial charge in [0, 0.05) is 6.54 Å². The van der Waals surface area contributed by atoms with Gasteiger partial charge in [-0.1, -0.05) is 12.1 Å². The van der Waals surface area contributed by atoms with Gasteiger partial charge >= 0.3 is 12.0 Å². The van der Waals surface area contributed by atoms with Gasteiger partial charge in [0.05, 0.1) is 0 Å². The van der Waals surface area contributed by atoms with Crippen LogP contribution in [0.1, 0.15) is 19.4 Å². The van der Waals surface area contributed by atoms with E-state index in [9.17, 15) is 23.6 Å². The van der Waals surface area contributed by atoms with E-state index in [1.165, 1.54) is 26.0 Å². The fourth-order valence-electron chi connectivity index (χ4n) is 2.33. The van der Waals surface area contributed by atoms with Crippen molar-refractivity contribution in [1.82, 2.24) is 15.5 Å². The number of carbonyl (C=O) groups is 4. The van der Waals surface area contributed by atoms with Crippen LogP contribution in [0.5, 0.6) is 0 Å². The summed E-state index contributed by atoms with van der Waals surface area (Å²) < 4.78 is 17.6. The van der Waals surface area contributed by atoms with Crippen LogP contribution < -0.4 is 10.6 Å². The molecule has 1 heterocycles. The number of hydrogen-bond acceptors (Lipinski definition) is 5. The van der Waals surface area contributed by atoms with Crippen molar-refractivity contribution in [3.63, 3.8) is 0 Å². The van der Waals surface area contributed by atoms with Gasteiger partial charge in [0.25, 0.3) is 11.8 Å². The molecular formula is C17H20FN3O5. The van der Waals surface area contributed by atoms with E-state index in [1.807, 2.05) is 0 Å². The number of halogens is 1. The molecule has 0 radical (unpaired) electrons. The highest BCUT2D eigenvalue weighted by Gasteiger charge is 2.45. The van der Waals surface area contributed by atoms with Crippen LogP contribution in [0.3, 0.4) is 0 Å². The van der Waals surface area contributed by atoms with Crippen LogP contribution in [-0.4, -0.2) is 54.0 Å². The molecule has 9 heteroatoms. The summed E-state index contributed by atoms with van der Waals surface area (Å²) in [6.45, 7) is 2.26. The van der Waals surface area contributed by atoms with E-state index >= 15 is 0 Å². The first-order valence-electron chi connectivity index (χ1n) is 8.00. The van der Waals surface area contributed by atoms with Crippen molar-refractivity contribution in [2.75, 3.05) is 19.7 Å². The van der Waals surface area contributed by atoms with Gasteiger partial charge in [-0.25, -0.2) is 9.18 Å². The van der Waals surface area contributed by atoms with Gasteiger partial charge in [-0.15, -0.1) is 0 Å². The number of nitrogens with zero attached hydrogens (tertiary/aromatic N) is 1. The second-order valence-electron chi connectivity index (χ2n) is 6.33. The van der Waals surface area contributed by atoms with Gasteiger partial charge in [-0.05, 0) is 38.0 Å². The minimum atomic E-state index is -1.07. The molecule has 2 N–H and O–H groups in total. The Balaban J connectivity index is 1.68. The minimum Gasteiger partial charge on any atom is -0.454 e. The summed E-state index contributed by atoms with van der Waals surface area (Å²) in [5, 5.41) is 4.99. The van der Waals surface area contributed by atoms with Crippen molar-refractivity contribution < 1.29 is 28.3 Å². The Kier molecular flexibility index (Phi) is 5.91. The van der Waals surface area contributed by atoms with Gasteiger partial charge in [-0.2, -0.15) is 0 Å². The van der Waals surface area contributed by atoms with Crippen molar-refractivity contribution in [3.8, 4) is 0 Å². The molecular weight excluding hydrogens is 345 g/mol. The third-order valence-corrected chi connectivity index (χ3v) is 3.74. The zero-order valence-electron chi connectivity index (χ0n) is 14.5. The van der Waals surface area contributed by atoms with Crippen LogP contribution in [0.15, 0.2) is 24.3 Å². The molecule has 0 aliphatic carbocycles. The second kappa shape index (κ2) is 7.94. The van der Waals surface area contributed by atoms with Crippen LogP contribution in [0.2, 0.25) is 0 Å². The molecule has 4 amide bonds. The number of hydrogen-bond donors (Lipinski definition) is 2. The van der Waals surface area contributed by atoms with Gasteiger partial charge in [0.15, 0.2) is 6.61 Å². The topological polar surface area (TPSA) is 105 Å². The number of amides is 4. The highest BCUT2D eigenvalue weighted by molar-refractivity contribution is 6.08. The highest BCUT2D eigenvalue weighted by Crippen LogP contribution is 2.16. The number of imide groups is 1. The third-order valence-electron chi connectivity index (χ3n) is 3.74. The number of ether oxygens (including phenoxy) is 1. The van der Waals surface area contributed by atoms with Gasteiger partial charge in [-0.3, -0.25) is 19.3 Å². The molecule has 0 atom stereocenters. The quantitative estimate of drug-likeness (QED) is 0.536. The molecule has 0 saturated carbocycles. The Morgan fingerprint density at radius 3 is 2.46 bits per heavy atom. The molecule has 0 spiro atoms. The maximum atomic E-state index is 12.8. The molecule has 1 saturated heterocycles. The van der Waals surface area contributed by atoms with E-state index in [0.29, 0.717) is 13.0 Å². The molecule has 26 heavy (non-hydrogen) atoms. The van der Waals surface area contributed by atoms with E-state index in [0.717, 1.165) is 10.5 Å². The lowest BCUT2D eigenvalue weighted by molar-refractivity contribution is -0.151. The summed E-state index contributed by atoms with van der Waals surface area (Å²) >= 11 is 0. The number of benzene rings is 1. The number of carbonyl (C=O) groups excluding carboxylic acids is 4. The molecule has 0 bridgehead atoms. The lowest BCUT2D eigenvalue weighted by atomic mass is 10.1. The first-order chi connectivity index (χ1) is 12.2. The minimum absolute atomic E-state index is 0.295. The largest absolute Gasteiger partial charge is 0.454 e. The summed E-state index contributed by atoms with van der Waals surface area (Å²) in [7, 11) is 0. The molecule has 0 aromatic heterocycles. The molecule has 1 aromatic rings. The Hall–Kier alpha value is -2.97. The van der Waals surface area contributed by atoms with Crippen molar-refractivity contribution in [2.24, 2.45) is 0 Å².